The molecule has 0 radical (unpaired) electrons. The molecule has 0 saturated carbocycles. The van der Waals surface area contributed by atoms with E-state index < -0.39 is 5.60 Å². The number of nitrogens with one attached hydrogen (secondary N) is 1. The number of anilines is 3. The highest BCUT2D eigenvalue weighted by atomic mass is 79.9. The summed E-state index contributed by atoms with van der Waals surface area (Å²) in [6.07, 6.45) is 2.60. The lowest BCUT2D eigenvalue weighted by Crippen LogP contribution is -2.50. The molecule has 1 unspecified atom stereocenters. The van der Waals surface area contributed by atoms with Crippen LogP contribution in [0, 0.1) is 0 Å². The van der Waals surface area contributed by atoms with Crippen molar-refractivity contribution in [2.45, 2.75) is 51.6 Å². The van der Waals surface area contributed by atoms with Crippen molar-refractivity contribution in [2.75, 3.05) is 67.6 Å². The molecule has 6 aromatic rings. The molecule has 9 rings (SSSR count). The van der Waals surface area contributed by atoms with Gasteiger partial charge in [0.1, 0.15) is 5.60 Å². The highest BCUT2D eigenvalue weighted by Crippen LogP contribution is 2.44. The molecule has 292 valence electrons. The van der Waals surface area contributed by atoms with E-state index in [-0.39, 0.29) is 17.9 Å². The summed E-state index contributed by atoms with van der Waals surface area (Å²) in [5, 5.41) is 10.6. The number of carbonyl (C=O) groups is 2. The Bertz CT molecular complexity index is 2500. The molecular formula is C48H49BrN4O4. The number of piperazine rings is 1. The summed E-state index contributed by atoms with van der Waals surface area (Å²) in [6, 6.07) is 34.4. The van der Waals surface area contributed by atoms with Gasteiger partial charge in [-0.2, -0.15) is 0 Å². The number of amides is 2. The van der Waals surface area contributed by atoms with Crippen LogP contribution in [0.5, 0.6) is 0 Å². The van der Waals surface area contributed by atoms with E-state index in [0.717, 1.165) is 85.3 Å². The molecule has 1 aliphatic carbocycles. The maximum Gasteiger partial charge on any atom is 0.410 e. The Morgan fingerprint density at radius 3 is 2.25 bits per heavy atom. The molecule has 2 heterocycles. The largest absolute Gasteiger partial charge is 0.444 e. The zero-order chi connectivity index (χ0) is 39.3. The van der Waals surface area contributed by atoms with Crippen LogP contribution < -0.4 is 15.1 Å². The van der Waals surface area contributed by atoms with Gasteiger partial charge in [-0.05, 0) is 132 Å². The number of rotatable bonds is 5. The van der Waals surface area contributed by atoms with Gasteiger partial charge in [-0.15, -0.1) is 0 Å². The molecule has 0 aromatic heterocycles. The summed E-state index contributed by atoms with van der Waals surface area (Å²) >= 11 is 4.01. The van der Waals surface area contributed by atoms with Crippen molar-refractivity contribution in [3.8, 4) is 0 Å². The standard InChI is InChI=1S/C48H49BrN4O4/c1-48(2,3)57-47(55)53-22-20-51(21-23-53)37-15-19-38-35(29-37)30-43(49)44-39-16-11-34(28-33(39)12-18-42(38)44)41-17-10-31-6-4-5-7-40(31)45(41)50-46(54)32-8-13-36(14-9-32)52-24-26-56-27-25-52/h4-10,12-15,17-19,29-30,34H,11,16,20-28H2,1-3H3,(H,50,54). The van der Waals surface area contributed by atoms with Gasteiger partial charge >= 0.3 is 6.09 Å². The first kappa shape index (κ1) is 37.5. The van der Waals surface area contributed by atoms with Crippen LogP contribution in [-0.4, -0.2) is 75.0 Å². The zero-order valence-electron chi connectivity index (χ0n) is 32.9. The van der Waals surface area contributed by atoms with Gasteiger partial charge in [-0.3, -0.25) is 4.79 Å². The minimum absolute atomic E-state index is 0.0923. The Hall–Kier alpha value is -5.12. The number of halogens is 1. The SMILES string of the molecule is CC(C)(C)OC(=O)N1CCN(c2ccc3c(c2)cc(Br)c2c4c(ccc23)CC(c2ccc3ccccc3c2NC(=O)c2ccc(N3CCOCC3)cc2)CC4)CC1. The Morgan fingerprint density at radius 1 is 0.754 bits per heavy atom. The first-order chi connectivity index (χ1) is 27.6. The van der Waals surface area contributed by atoms with Gasteiger partial charge in [0.05, 0.1) is 18.9 Å². The van der Waals surface area contributed by atoms with Gasteiger partial charge < -0.3 is 29.5 Å². The number of morpholine rings is 1. The van der Waals surface area contributed by atoms with Crippen LogP contribution in [0.1, 0.15) is 60.2 Å². The Morgan fingerprint density at radius 2 is 1.47 bits per heavy atom. The summed E-state index contributed by atoms with van der Waals surface area (Å²) in [5.74, 6) is 0.168. The molecule has 6 aromatic carbocycles. The van der Waals surface area contributed by atoms with E-state index >= 15 is 0 Å². The van der Waals surface area contributed by atoms with Crippen molar-refractivity contribution < 1.29 is 19.1 Å². The maximum atomic E-state index is 13.9. The highest BCUT2D eigenvalue weighted by Gasteiger charge is 2.28. The van der Waals surface area contributed by atoms with Gasteiger partial charge in [0.15, 0.2) is 0 Å². The number of ether oxygens (including phenoxy) is 2. The molecule has 0 bridgehead atoms. The summed E-state index contributed by atoms with van der Waals surface area (Å²) in [4.78, 5) is 33.0. The van der Waals surface area contributed by atoms with E-state index in [0.29, 0.717) is 18.7 Å². The van der Waals surface area contributed by atoms with Crippen LogP contribution >= 0.6 is 15.9 Å². The Kier molecular flexibility index (Phi) is 10.1. The zero-order valence-corrected chi connectivity index (χ0v) is 34.5. The van der Waals surface area contributed by atoms with E-state index in [1.54, 1.807) is 0 Å². The first-order valence-corrected chi connectivity index (χ1v) is 21.0. The second kappa shape index (κ2) is 15.3. The van der Waals surface area contributed by atoms with E-state index in [1.165, 1.54) is 43.9 Å². The number of nitrogens with zero attached hydrogens (tertiary/aromatic N) is 3. The third-order valence-electron chi connectivity index (χ3n) is 11.9. The van der Waals surface area contributed by atoms with Crippen LogP contribution in [0.15, 0.2) is 102 Å². The van der Waals surface area contributed by atoms with Crippen molar-refractivity contribution in [1.82, 2.24) is 4.90 Å². The quantitative estimate of drug-likeness (QED) is 0.175. The molecular weight excluding hydrogens is 776 g/mol. The molecule has 2 aliphatic heterocycles. The molecule has 2 amide bonds. The number of fused-ring (bicyclic) bond motifs is 6. The summed E-state index contributed by atoms with van der Waals surface area (Å²) in [6.45, 7) is 11.7. The normalized spacial score (nSPS) is 17.5. The van der Waals surface area contributed by atoms with Crippen molar-refractivity contribution >= 4 is 77.3 Å². The summed E-state index contributed by atoms with van der Waals surface area (Å²) in [7, 11) is 0. The van der Waals surface area contributed by atoms with Crippen LogP contribution in [-0.2, 0) is 22.3 Å². The fourth-order valence-corrected chi connectivity index (χ4v) is 9.71. The van der Waals surface area contributed by atoms with E-state index in [2.05, 4.69) is 104 Å². The number of carbonyl (C=O) groups excluding carboxylic acids is 2. The van der Waals surface area contributed by atoms with Crippen molar-refractivity contribution in [2.24, 2.45) is 0 Å². The lowest BCUT2D eigenvalue weighted by atomic mass is 9.77. The van der Waals surface area contributed by atoms with E-state index in [1.807, 2.05) is 49.9 Å². The minimum Gasteiger partial charge on any atom is -0.444 e. The highest BCUT2D eigenvalue weighted by molar-refractivity contribution is 9.10. The van der Waals surface area contributed by atoms with Crippen LogP contribution in [0.25, 0.3) is 32.3 Å². The summed E-state index contributed by atoms with van der Waals surface area (Å²) < 4.78 is 12.2. The predicted octanol–water partition coefficient (Wildman–Crippen LogP) is 10.3. The average Bonchev–Trinajstić information content (AvgIpc) is 3.23. The monoisotopic (exact) mass is 824 g/mol. The summed E-state index contributed by atoms with van der Waals surface area (Å²) in [5.41, 5.74) is 7.31. The molecule has 57 heavy (non-hydrogen) atoms. The smallest absolute Gasteiger partial charge is 0.410 e. The third kappa shape index (κ3) is 7.55. The minimum atomic E-state index is -0.498. The van der Waals surface area contributed by atoms with Crippen molar-refractivity contribution in [1.29, 1.82) is 0 Å². The lowest BCUT2D eigenvalue weighted by Gasteiger charge is -2.36. The maximum absolute atomic E-state index is 13.9. The molecule has 1 atom stereocenters. The van der Waals surface area contributed by atoms with Gasteiger partial charge in [-0.1, -0.05) is 70.5 Å². The Labute approximate surface area is 342 Å². The number of benzene rings is 6. The second-order valence-corrected chi connectivity index (χ2v) is 17.5. The van der Waals surface area contributed by atoms with Crippen molar-refractivity contribution in [3.05, 3.63) is 124 Å². The van der Waals surface area contributed by atoms with Crippen LogP contribution in [0.2, 0.25) is 0 Å². The van der Waals surface area contributed by atoms with Gasteiger partial charge in [0, 0.05) is 66.1 Å². The molecule has 1 N–H and O–H groups in total. The molecule has 3 aliphatic rings. The lowest BCUT2D eigenvalue weighted by molar-refractivity contribution is 0.0240. The fourth-order valence-electron chi connectivity index (χ4n) is 9.01. The first-order valence-electron chi connectivity index (χ1n) is 20.2. The molecule has 9 heteroatoms. The van der Waals surface area contributed by atoms with E-state index in [9.17, 15) is 9.59 Å². The number of aryl methyl sites for hydroxylation is 1. The molecule has 0 spiro atoms. The van der Waals surface area contributed by atoms with Crippen LogP contribution in [0.3, 0.4) is 0 Å². The van der Waals surface area contributed by atoms with E-state index in [4.69, 9.17) is 9.47 Å². The van der Waals surface area contributed by atoms with Gasteiger partial charge in [0.25, 0.3) is 5.91 Å². The Balaban J connectivity index is 0.963. The topological polar surface area (TPSA) is 74.4 Å². The molecule has 2 saturated heterocycles. The third-order valence-corrected chi connectivity index (χ3v) is 12.5. The molecule has 8 nitrogen and oxygen atoms in total. The van der Waals surface area contributed by atoms with Crippen molar-refractivity contribution in [3.63, 3.8) is 0 Å². The second-order valence-electron chi connectivity index (χ2n) is 16.6. The fraction of sp³-hybridized carbons (Fsp3) is 0.333. The molecule has 2 fully saturated rings. The average molecular weight is 826 g/mol. The number of hydrogen-bond acceptors (Lipinski definition) is 6. The predicted molar refractivity (Wildman–Crippen MR) is 235 cm³/mol. The van der Waals surface area contributed by atoms with Gasteiger partial charge in [0.2, 0.25) is 0 Å². The van der Waals surface area contributed by atoms with Crippen LogP contribution in [0.4, 0.5) is 21.9 Å². The number of hydrogen-bond donors (Lipinski definition) is 1. The van der Waals surface area contributed by atoms with Gasteiger partial charge in [-0.25, -0.2) is 4.79 Å².